The number of rotatable bonds is 6. The van der Waals surface area contributed by atoms with Crippen LogP contribution in [0.2, 0.25) is 0 Å². The zero-order valence-electron chi connectivity index (χ0n) is 13.4. The van der Waals surface area contributed by atoms with Gasteiger partial charge in [-0.15, -0.1) is 0 Å². The molecule has 0 aliphatic heterocycles. The zero-order chi connectivity index (χ0) is 15.5. The molecule has 1 heterocycles. The molecular formula is C19H24N2O. The number of nitrogens with zero attached hydrogens (tertiary/aromatic N) is 1. The summed E-state index contributed by atoms with van der Waals surface area (Å²) in [7, 11) is 0. The number of benzene rings is 1. The molecule has 0 amide bonds. The summed E-state index contributed by atoms with van der Waals surface area (Å²) in [6.45, 7) is 5.74. The van der Waals surface area contributed by atoms with Crippen molar-refractivity contribution in [2.45, 2.75) is 45.7 Å². The van der Waals surface area contributed by atoms with E-state index in [1.54, 1.807) is 0 Å². The van der Waals surface area contributed by atoms with Crippen molar-refractivity contribution in [1.29, 1.82) is 0 Å². The lowest BCUT2D eigenvalue weighted by Crippen LogP contribution is -2.27. The maximum atomic E-state index is 12.8. The van der Waals surface area contributed by atoms with E-state index in [-0.39, 0.29) is 5.56 Å². The van der Waals surface area contributed by atoms with Crippen LogP contribution in [0.15, 0.2) is 41.2 Å². The summed E-state index contributed by atoms with van der Waals surface area (Å²) in [5.41, 5.74) is 4.54. The molecule has 22 heavy (non-hydrogen) atoms. The topological polar surface area (TPSA) is 34.0 Å². The van der Waals surface area contributed by atoms with Crippen molar-refractivity contribution in [1.82, 2.24) is 9.88 Å². The molecule has 0 atom stereocenters. The summed E-state index contributed by atoms with van der Waals surface area (Å²) >= 11 is 0. The Morgan fingerprint density at radius 2 is 1.82 bits per heavy atom. The van der Waals surface area contributed by atoms with Gasteiger partial charge in [0.15, 0.2) is 0 Å². The second-order valence-electron chi connectivity index (χ2n) is 5.98. The number of pyridine rings is 1. The monoisotopic (exact) mass is 296 g/mol. The molecule has 1 saturated carbocycles. The zero-order valence-corrected chi connectivity index (χ0v) is 13.4. The van der Waals surface area contributed by atoms with Crippen molar-refractivity contribution in [3.05, 3.63) is 57.9 Å². The molecule has 0 radical (unpaired) electrons. The van der Waals surface area contributed by atoms with E-state index in [1.807, 2.05) is 10.6 Å². The van der Waals surface area contributed by atoms with Gasteiger partial charge in [-0.3, -0.25) is 4.79 Å². The van der Waals surface area contributed by atoms with E-state index in [9.17, 15) is 4.79 Å². The maximum Gasteiger partial charge on any atom is 0.255 e. The predicted molar refractivity (Wildman–Crippen MR) is 91.2 cm³/mol. The lowest BCUT2D eigenvalue weighted by molar-refractivity contribution is 0.673. The average Bonchev–Trinajstić information content (AvgIpc) is 3.38. The molecule has 1 aromatic heterocycles. The van der Waals surface area contributed by atoms with Gasteiger partial charge in [0.2, 0.25) is 0 Å². The van der Waals surface area contributed by atoms with E-state index in [1.165, 1.54) is 5.56 Å². The Bertz CT molecular complexity index is 696. The van der Waals surface area contributed by atoms with Gasteiger partial charge < -0.3 is 9.88 Å². The van der Waals surface area contributed by atoms with Crippen LogP contribution < -0.4 is 10.9 Å². The highest BCUT2D eigenvalue weighted by Gasteiger charge is 2.27. The third-order valence-electron chi connectivity index (χ3n) is 4.33. The first kappa shape index (κ1) is 15.0. The van der Waals surface area contributed by atoms with E-state index < -0.39 is 0 Å². The number of nitrogens with one attached hydrogen (secondary N) is 1. The van der Waals surface area contributed by atoms with Gasteiger partial charge >= 0.3 is 0 Å². The SMILES string of the molecule is CCNCc1ccc(-c2ccc(CC)cc2)n(C2CC2)c1=O. The normalized spacial score (nSPS) is 14.3. The first-order chi connectivity index (χ1) is 10.7. The molecule has 3 nitrogen and oxygen atoms in total. The van der Waals surface area contributed by atoms with Crippen LogP contribution in [0.3, 0.4) is 0 Å². The molecule has 0 saturated heterocycles. The molecule has 0 spiro atoms. The van der Waals surface area contributed by atoms with Gasteiger partial charge in [-0.2, -0.15) is 0 Å². The highest BCUT2D eigenvalue weighted by atomic mass is 16.1. The quantitative estimate of drug-likeness (QED) is 0.885. The molecular weight excluding hydrogens is 272 g/mol. The van der Waals surface area contributed by atoms with Crippen LogP contribution >= 0.6 is 0 Å². The van der Waals surface area contributed by atoms with Crippen molar-refractivity contribution in [3.8, 4) is 11.3 Å². The Morgan fingerprint density at radius 3 is 2.41 bits per heavy atom. The maximum absolute atomic E-state index is 12.8. The van der Waals surface area contributed by atoms with Crippen LogP contribution in [0.25, 0.3) is 11.3 Å². The smallest absolute Gasteiger partial charge is 0.255 e. The van der Waals surface area contributed by atoms with Crippen LogP contribution in [-0.4, -0.2) is 11.1 Å². The molecule has 1 fully saturated rings. The lowest BCUT2D eigenvalue weighted by atomic mass is 10.1. The largest absolute Gasteiger partial charge is 0.313 e. The Labute approximate surface area is 132 Å². The summed E-state index contributed by atoms with van der Waals surface area (Å²) in [5, 5.41) is 3.25. The Kier molecular flexibility index (Phi) is 4.44. The van der Waals surface area contributed by atoms with Crippen LogP contribution in [0.4, 0.5) is 0 Å². The molecule has 1 aliphatic carbocycles. The summed E-state index contributed by atoms with van der Waals surface area (Å²) in [4.78, 5) is 12.8. The molecule has 1 N–H and O–H groups in total. The van der Waals surface area contributed by atoms with E-state index in [0.29, 0.717) is 12.6 Å². The minimum absolute atomic E-state index is 0.167. The lowest BCUT2D eigenvalue weighted by Gasteiger charge is -2.15. The molecule has 1 aliphatic rings. The minimum Gasteiger partial charge on any atom is -0.313 e. The van der Waals surface area contributed by atoms with Crippen LogP contribution in [0, 0.1) is 0 Å². The van der Waals surface area contributed by atoms with Crippen molar-refractivity contribution >= 4 is 0 Å². The van der Waals surface area contributed by atoms with Gasteiger partial charge in [-0.1, -0.05) is 44.2 Å². The van der Waals surface area contributed by atoms with Gasteiger partial charge in [-0.25, -0.2) is 0 Å². The molecule has 1 aromatic carbocycles. The highest BCUT2D eigenvalue weighted by Crippen LogP contribution is 2.37. The Balaban J connectivity index is 2.03. The molecule has 3 heteroatoms. The van der Waals surface area contributed by atoms with Crippen molar-refractivity contribution < 1.29 is 0 Å². The highest BCUT2D eigenvalue weighted by molar-refractivity contribution is 5.60. The van der Waals surface area contributed by atoms with Gasteiger partial charge in [0.25, 0.3) is 5.56 Å². The van der Waals surface area contributed by atoms with E-state index in [0.717, 1.165) is 42.6 Å². The average molecular weight is 296 g/mol. The summed E-state index contributed by atoms with van der Waals surface area (Å²) in [5.74, 6) is 0. The first-order valence-electron chi connectivity index (χ1n) is 8.29. The fourth-order valence-corrected chi connectivity index (χ4v) is 2.83. The number of aromatic nitrogens is 1. The van der Waals surface area contributed by atoms with E-state index >= 15 is 0 Å². The number of hydrogen-bond donors (Lipinski definition) is 1. The Hall–Kier alpha value is -1.87. The van der Waals surface area contributed by atoms with Crippen LogP contribution in [0.5, 0.6) is 0 Å². The number of aryl methyl sites for hydroxylation is 1. The van der Waals surface area contributed by atoms with Crippen LogP contribution in [-0.2, 0) is 13.0 Å². The van der Waals surface area contributed by atoms with Crippen LogP contribution in [0.1, 0.15) is 43.9 Å². The van der Waals surface area contributed by atoms with E-state index in [2.05, 4.69) is 49.5 Å². The Morgan fingerprint density at radius 1 is 1.09 bits per heavy atom. The molecule has 2 aromatic rings. The fraction of sp³-hybridized carbons (Fsp3) is 0.421. The molecule has 0 unspecified atom stereocenters. The summed E-state index contributed by atoms with van der Waals surface area (Å²) in [6, 6.07) is 13.1. The van der Waals surface area contributed by atoms with Gasteiger partial charge in [0.05, 0.1) is 5.69 Å². The standard InChI is InChI=1S/C19H24N2O/c1-3-14-5-7-15(8-6-14)18-12-9-16(13-20-4-2)19(22)21(18)17-10-11-17/h5-9,12,17,20H,3-4,10-11,13H2,1-2H3. The van der Waals surface area contributed by atoms with Gasteiger partial charge in [0.1, 0.15) is 0 Å². The third-order valence-corrected chi connectivity index (χ3v) is 4.33. The van der Waals surface area contributed by atoms with E-state index in [4.69, 9.17) is 0 Å². The second-order valence-corrected chi connectivity index (χ2v) is 5.98. The molecule has 116 valence electrons. The first-order valence-corrected chi connectivity index (χ1v) is 8.29. The molecule has 0 bridgehead atoms. The minimum atomic E-state index is 0.167. The fourth-order valence-electron chi connectivity index (χ4n) is 2.83. The predicted octanol–water partition coefficient (Wildman–Crippen LogP) is 3.52. The third kappa shape index (κ3) is 3.00. The van der Waals surface area contributed by atoms with Gasteiger partial charge in [-0.05, 0) is 43.0 Å². The number of hydrogen-bond acceptors (Lipinski definition) is 2. The van der Waals surface area contributed by atoms with Crippen molar-refractivity contribution in [2.75, 3.05) is 6.54 Å². The van der Waals surface area contributed by atoms with Crippen molar-refractivity contribution in [3.63, 3.8) is 0 Å². The van der Waals surface area contributed by atoms with Crippen molar-refractivity contribution in [2.24, 2.45) is 0 Å². The van der Waals surface area contributed by atoms with Gasteiger partial charge in [0, 0.05) is 18.2 Å². The second kappa shape index (κ2) is 6.49. The molecule has 3 rings (SSSR count). The summed E-state index contributed by atoms with van der Waals surface area (Å²) in [6.07, 6.45) is 3.27. The summed E-state index contributed by atoms with van der Waals surface area (Å²) < 4.78 is 2.01.